The van der Waals surface area contributed by atoms with Gasteiger partial charge in [-0.05, 0) is 19.3 Å². The summed E-state index contributed by atoms with van der Waals surface area (Å²) in [5, 5.41) is 13.9. The molecule has 2 rings (SSSR count). The summed E-state index contributed by atoms with van der Waals surface area (Å²) >= 11 is 0. The highest BCUT2D eigenvalue weighted by Gasteiger charge is 2.26. The van der Waals surface area contributed by atoms with Crippen LogP contribution in [0, 0.1) is 16.0 Å². The minimum absolute atomic E-state index is 0.105. The van der Waals surface area contributed by atoms with E-state index in [0.29, 0.717) is 0 Å². The molecule has 7 nitrogen and oxygen atoms in total. The number of nitrogen functional groups attached to an aromatic ring is 1. The van der Waals surface area contributed by atoms with E-state index in [1.165, 1.54) is 19.2 Å². The van der Waals surface area contributed by atoms with Crippen LogP contribution in [0.2, 0.25) is 0 Å². The van der Waals surface area contributed by atoms with Crippen molar-refractivity contribution in [2.75, 3.05) is 11.1 Å². The standard InChI is InChI=1S/C10H15N5O2/c1-6(4-7-2-3-7)14-10-8(15(16)17)9(11)12-5-13-10/h5-7H,2-4H2,1H3,(H3,11,12,13,14). The summed E-state index contributed by atoms with van der Waals surface area (Å²) in [7, 11) is 0. The summed E-state index contributed by atoms with van der Waals surface area (Å²) in [5.74, 6) is 0.845. The molecule has 0 amide bonds. The summed E-state index contributed by atoms with van der Waals surface area (Å²) in [6, 6.07) is 0.149. The Morgan fingerprint density at radius 3 is 2.94 bits per heavy atom. The van der Waals surface area contributed by atoms with E-state index >= 15 is 0 Å². The van der Waals surface area contributed by atoms with Gasteiger partial charge in [-0.2, -0.15) is 0 Å². The van der Waals surface area contributed by atoms with Crippen molar-refractivity contribution in [3.8, 4) is 0 Å². The molecule has 1 aromatic heterocycles. The second kappa shape index (κ2) is 4.52. The molecule has 3 N–H and O–H groups in total. The van der Waals surface area contributed by atoms with Gasteiger partial charge < -0.3 is 11.1 Å². The smallest absolute Gasteiger partial charge is 0.352 e. The summed E-state index contributed by atoms with van der Waals surface area (Å²) in [4.78, 5) is 17.8. The first kappa shape index (κ1) is 11.6. The highest BCUT2D eigenvalue weighted by atomic mass is 16.6. The first-order chi connectivity index (χ1) is 8.08. The molecule has 1 heterocycles. The van der Waals surface area contributed by atoms with E-state index < -0.39 is 4.92 Å². The zero-order valence-corrected chi connectivity index (χ0v) is 9.59. The molecule has 0 radical (unpaired) electrons. The molecule has 0 saturated heterocycles. The summed E-state index contributed by atoms with van der Waals surface area (Å²) < 4.78 is 0. The maximum atomic E-state index is 10.9. The van der Waals surface area contributed by atoms with Gasteiger partial charge in [0.25, 0.3) is 0 Å². The molecule has 0 aromatic carbocycles. The molecule has 1 atom stereocenters. The van der Waals surface area contributed by atoms with Crippen molar-refractivity contribution in [3.63, 3.8) is 0 Å². The van der Waals surface area contributed by atoms with Gasteiger partial charge in [-0.25, -0.2) is 9.97 Å². The van der Waals surface area contributed by atoms with Crippen LogP contribution in [0.3, 0.4) is 0 Å². The number of nitrogens with two attached hydrogens (primary N) is 1. The molecule has 0 spiro atoms. The number of rotatable bonds is 5. The second-order valence-corrected chi connectivity index (χ2v) is 4.44. The van der Waals surface area contributed by atoms with Crippen LogP contribution in [-0.4, -0.2) is 20.9 Å². The average Bonchev–Trinajstić information content (AvgIpc) is 3.00. The van der Waals surface area contributed by atoms with Crippen LogP contribution < -0.4 is 11.1 Å². The van der Waals surface area contributed by atoms with E-state index in [1.54, 1.807) is 0 Å². The van der Waals surface area contributed by atoms with E-state index in [-0.39, 0.29) is 23.4 Å². The van der Waals surface area contributed by atoms with Crippen molar-refractivity contribution in [1.82, 2.24) is 9.97 Å². The number of nitrogens with zero attached hydrogens (tertiary/aromatic N) is 3. The second-order valence-electron chi connectivity index (χ2n) is 4.44. The number of nitrogens with one attached hydrogen (secondary N) is 1. The van der Waals surface area contributed by atoms with Crippen LogP contribution in [0.1, 0.15) is 26.2 Å². The Balaban J connectivity index is 2.13. The Morgan fingerprint density at radius 2 is 2.35 bits per heavy atom. The number of anilines is 2. The maximum absolute atomic E-state index is 10.9. The van der Waals surface area contributed by atoms with Gasteiger partial charge in [0.1, 0.15) is 6.33 Å². The molecule has 17 heavy (non-hydrogen) atoms. The molecule has 1 aromatic rings. The van der Waals surface area contributed by atoms with Crippen LogP contribution in [0.15, 0.2) is 6.33 Å². The quantitative estimate of drug-likeness (QED) is 0.594. The number of nitro groups is 1. The largest absolute Gasteiger partial charge is 0.378 e. The van der Waals surface area contributed by atoms with Crippen molar-refractivity contribution >= 4 is 17.3 Å². The normalized spacial score (nSPS) is 16.5. The lowest BCUT2D eigenvalue weighted by atomic mass is 10.1. The molecule has 1 aliphatic rings. The third-order valence-corrected chi connectivity index (χ3v) is 2.80. The lowest BCUT2D eigenvalue weighted by Gasteiger charge is -2.13. The molecule has 92 valence electrons. The maximum Gasteiger partial charge on any atom is 0.352 e. The molecular formula is C10H15N5O2. The molecule has 1 fully saturated rings. The average molecular weight is 237 g/mol. The Hall–Kier alpha value is -1.92. The Morgan fingerprint density at radius 1 is 1.65 bits per heavy atom. The number of hydrogen-bond acceptors (Lipinski definition) is 6. The van der Waals surface area contributed by atoms with E-state index in [2.05, 4.69) is 15.3 Å². The molecular weight excluding hydrogens is 222 g/mol. The van der Waals surface area contributed by atoms with Crippen molar-refractivity contribution < 1.29 is 4.92 Å². The predicted octanol–water partition coefficient (Wildman–Crippen LogP) is 1.57. The monoisotopic (exact) mass is 237 g/mol. The van der Waals surface area contributed by atoms with Crippen LogP contribution in [-0.2, 0) is 0 Å². The molecule has 1 saturated carbocycles. The van der Waals surface area contributed by atoms with Gasteiger partial charge in [0, 0.05) is 6.04 Å². The highest BCUT2D eigenvalue weighted by Crippen LogP contribution is 2.35. The van der Waals surface area contributed by atoms with Crippen molar-refractivity contribution in [2.45, 2.75) is 32.2 Å². The first-order valence-corrected chi connectivity index (χ1v) is 5.59. The number of hydrogen-bond donors (Lipinski definition) is 2. The van der Waals surface area contributed by atoms with Gasteiger partial charge in [0.15, 0.2) is 0 Å². The van der Waals surface area contributed by atoms with Gasteiger partial charge in [0.05, 0.1) is 4.92 Å². The Bertz CT molecular complexity index is 433. The van der Waals surface area contributed by atoms with E-state index in [4.69, 9.17) is 5.73 Å². The fourth-order valence-electron chi connectivity index (χ4n) is 1.82. The third-order valence-electron chi connectivity index (χ3n) is 2.80. The predicted molar refractivity (Wildman–Crippen MR) is 63.5 cm³/mol. The Labute approximate surface area is 98.6 Å². The van der Waals surface area contributed by atoms with Gasteiger partial charge in [-0.3, -0.25) is 10.1 Å². The van der Waals surface area contributed by atoms with Crippen LogP contribution >= 0.6 is 0 Å². The fraction of sp³-hybridized carbons (Fsp3) is 0.600. The minimum Gasteiger partial charge on any atom is -0.378 e. The highest BCUT2D eigenvalue weighted by molar-refractivity contribution is 5.67. The van der Waals surface area contributed by atoms with Crippen molar-refractivity contribution in [2.24, 2.45) is 5.92 Å². The zero-order valence-electron chi connectivity index (χ0n) is 9.59. The van der Waals surface area contributed by atoms with E-state index in [0.717, 1.165) is 12.3 Å². The van der Waals surface area contributed by atoms with Crippen molar-refractivity contribution in [1.29, 1.82) is 0 Å². The van der Waals surface area contributed by atoms with Gasteiger partial charge in [-0.1, -0.05) is 12.8 Å². The number of aromatic nitrogens is 2. The third kappa shape index (κ3) is 2.80. The van der Waals surface area contributed by atoms with Gasteiger partial charge in [-0.15, -0.1) is 0 Å². The lowest BCUT2D eigenvalue weighted by Crippen LogP contribution is -2.18. The summed E-state index contributed by atoms with van der Waals surface area (Å²) in [5.41, 5.74) is 5.24. The summed E-state index contributed by atoms with van der Waals surface area (Å²) in [6.45, 7) is 1.99. The summed E-state index contributed by atoms with van der Waals surface area (Å²) in [6.07, 6.45) is 4.73. The molecule has 0 bridgehead atoms. The van der Waals surface area contributed by atoms with Gasteiger partial charge >= 0.3 is 5.69 Å². The van der Waals surface area contributed by atoms with E-state index in [9.17, 15) is 10.1 Å². The van der Waals surface area contributed by atoms with Gasteiger partial charge in [0.2, 0.25) is 11.6 Å². The van der Waals surface area contributed by atoms with Crippen LogP contribution in [0.4, 0.5) is 17.3 Å². The van der Waals surface area contributed by atoms with Crippen LogP contribution in [0.5, 0.6) is 0 Å². The van der Waals surface area contributed by atoms with E-state index in [1.807, 2.05) is 6.92 Å². The zero-order chi connectivity index (χ0) is 12.4. The topological polar surface area (TPSA) is 107 Å². The first-order valence-electron chi connectivity index (χ1n) is 5.59. The minimum atomic E-state index is -0.554. The Kier molecular flexibility index (Phi) is 3.08. The SMILES string of the molecule is CC(CC1CC1)Nc1ncnc(N)c1[N+](=O)[O-]. The molecule has 1 unspecified atom stereocenters. The van der Waals surface area contributed by atoms with Crippen molar-refractivity contribution in [3.05, 3.63) is 16.4 Å². The lowest BCUT2D eigenvalue weighted by molar-refractivity contribution is -0.383. The molecule has 1 aliphatic carbocycles. The molecule has 7 heteroatoms. The molecule has 0 aliphatic heterocycles. The fourth-order valence-corrected chi connectivity index (χ4v) is 1.82. The van der Waals surface area contributed by atoms with Crippen LogP contribution in [0.25, 0.3) is 0 Å².